The molecule has 0 radical (unpaired) electrons. The molecule has 3 aliphatic rings. The van der Waals surface area contributed by atoms with Crippen molar-refractivity contribution >= 4 is 17.6 Å². The molecule has 0 aromatic carbocycles. The number of hydrogen-bond donors (Lipinski definition) is 2. The number of nitrogens with one attached hydrogen (secondary N) is 2. The van der Waals surface area contributed by atoms with Crippen molar-refractivity contribution < 1.29 is 14.4 Å². The Bertz CT molecular complexity index is 538. The molecule has 140 valence electrons. The molecular formula is C17H29N5O3. The molecule has 25 heavy (non-hydrogen) atoms. The molecule has 0 aromatic heterocycles. The van der Waals surface area contributed by atoms with Crippen LogP contribution in [0, 0.1) is 0 Å². The zero-order valence-electron chi connectivity index (χ0n) is 15.1. The molecule has 1 unspecified atom stereocenters. The van der Waals surface area contributed by atoms with E-state index in [1.165, 1.54) is 12.8 Å². The van der Waals surface area contributed by atoms with Gasteiger partial charge in [-0.15, -0.1) is 0 Å². The van der Waals surface area contributed by atoms with E-state index in [2.05, 4.69) is 27.6 Å². The van der Waals surface area contributed by atoms with E-state index in [4.69, 9.17) is 4.84 Å². The van der Waals surface area contributed by atoms with E-state index < -0.39 is 0 Å². The lowest BCUT2D eigenvalue weighted by Crippen LogP contribution is -2.49. The van der Waals surface area contributed by atoms with Gasteiger partial charge in [0.05, 0.1) is 0 Å². The smallest absolute Gasteiger partial charge is 0.317 e. The highest BCUT2D eigenvalue weighted by atomic mass is 16.7. The van der Waals surface area contributed by atoms with Crippen molar-refractivity contribution in [2.24, 2.45) is 5.16 Å². The van der Waals surface area contributed by atoms with Crippen molar-refractivity contribution in [3.8, 4) is 0 Å². The van der Waals surface area contributed by atoms with Crippen LogP contribution in [0.4, 0.5) is 4.79 Å². The standard InChI is InChI=1S/C17H29N5O3/c1-2-3-8-21-9-4-5-17(13-21)12-14(20-25-17)15(23)18-6-10-22-11-7-19-16(22)24/h2-13H2,1H3,(H,18,23)(H,19,24). The molecule has 2 fully saturated rings. The van der Waals surface area contributed by atoms with Crippen LogP contribution in [0.25, 0.3) is 0 Å². The van der Waals surface area contributed by atoms with E-state index in [0.717, 1.165) is 32.5 Å². The highest BCUT2D eigenvalue weighted by Crippen LogP contribution is 2.33. The van der Waals surface area contributed by atoms with Crippen LogP contribution in [0.15, 0.2) is 5.16 Å². The van der Waals surface area contributed by atoms with Gasteiger partial charge in [-0.1, -0.05) is 18.5 Å². The second-order valence-electron chi connectivity index (χ2n) is 7.20. The number of carbonyl (C=O) groups excluding carboxylic acids is 2. The molecule has 0 bridgehead atoms. The first-order chi connectivity index (χ1) is 12.1. The van der Waals surface area contributed by atoms with Gasteiger partial charge in [-0.2, -0.15) is 0 Å². The summed E-state index contributed by atoms with van der Waals surface area (Å²) in [4.78, 5) is 33.6. The lowest BCUT2D eigenvalue weighted by molar-refractivity contribution is -0.114. The predicted molar refractivity (Wildman–Crippen MR) is 94.4 cm³/mol. The third-order valence-corrected chi connectivity index (χ3v) is 5.16. The van der Waals surface area contributed by atoms with Gasteiger partial charge in [0, 0.05) is 39.1 Å². The van der Waals surface area contributed by atoms with E-state index >= 15 is 0 Å². The number of urea groups is 1. The van der Waals surface area contributed by atoms with E-state index in [0.29, 0.717) is 38.3 Å². The van der Waals surface area contributed by atoms with Crippen molar-refractivity contribution in [3.63, 3.8) is 0 Å². The highest BCUT2D eigenvalue weighted by Gasteiger charge is 2.44. The summed E-state index contributed by atoms with van der Waals surface area (Å²) in [6, 6.07) is -0.0656. The molecule has 8 heteroatoms. The minimum Gasteiger partial charge on any atom is -0.387 e. The highest BCUT2D eigenvalue weighted by molar-refractivity contribution is 6.39. The Morgan fingerprint density at radius 2 is 2.28 bits per heavy atom. The molecule has 0 aromatic rings. The van der Waals surface area contributed by atoms with Crippen LogP contribution in [0.3, 0.4) is 0 Å². The van der Waals surface area contributed by atoms with Gasteiger partial charge in [-0.3, -0.25) is 9.69 Å². The topological polar surface area (TPSA) is 86.3 Å². The second-order valence-corrected chi connectivity index (χ2v) is 7.20. The van der Waals surface area contributed by atoms with Gasteiger partial charge in [-0.05, 0) is 32.4 Å². The van der Waals surface area contributed by atoms with E-state index in [-0.39, 0.29) is 17.5 Å². The lowest BCUT2D eigenvalue weighted by Gasteiger charge is -2.38. The minimum atomic E-state index is -0.326. The molecule has 8 nitrogen and oxygen atoms in total. The Morgan fingerprint density at radius 3 is 3.04 bits per heavy atom. The van der Waals surface area contributed by atoms with E-state index in [1.807, 2.05) is 0 Å². The first-order valence-corrected chi connectivity index (χ1v) is 9.40. The van der Waals surface area contributed by atoms with Gasteiger partial charge in [0.25, 0.3) is 5.91 Å². The Labute approximate surface area is 148 Å². The third kappa shape index (κ3) is 4.42. The zero-order chi connectivity index (χ0) is 17.7. The van der Waals surface area contributed by atoms with Gasteiger partial charge < -0.3 is 20.4 Å². The molecule has 2 N–H and O–H groups in total. The average Bonchev–Trinajstić information content (AvgIpc) is 3.20. The molecule has 3 amide bonds. The minimum absolute atomic E-state index is 0.0656. The Balaban J connectivity index is 1.43. The number of amides is 3. The van der Waals surface area contributed by atoms with Crippen molar-refractivity contribution in [2.75, 3.05) is 45.8 Å². The van der Waals surface area contributed by atoms with Crippen molar-refractivity contribution in [1.29, 1.82) is 0 Å². The normalized spacial score (nSPS) is 26.5. The monoisotopic (exact) mass is 351 g/mol. The zero-order valence-corrected chi connectivity index (χ0v) is 15.1. The Hall–Kier alpha value is -1.83. The number of carbonyl (C=O) groups is 2. The maximum atomic E-state index is 12.3. The van der Waals surface area contributed by atoms with Gasteiger partial charge in [-0.25, -0.2) is 4.79 Å². The maximum Gasteiger partial charge on any atom is 0.317 e. The fourth-order valence-corrected chi connectivity index (χ4v) is 3.76. The molecule has 1 spiro atoms. The number of likely N-dealkylation sites (tertiary alicyclic amines) is 1. The second kappa shape index (κ2) is 8.03. The number of hydrogen-bond acceptors (Lipinski definition) is 5. The molecule has 3 heterocycles. The molecule has 3 aliphatic heterocycles. The van der Waals surface area contributed by atoms with Gasteiger partial charge >= 0.3 is 6.03 Å². The molecule has 2 saturated heterocycles. The number of nitrogens with zero attached hydrogens (tertiary/aromatic N) is 3. The Morgan fingerprint density at radius 1 is 1.40 bits per heavy atom. The van der Waals surface area contributed by atoms with Crippen molar-refractivity contribution in [2.45, 2.75) is 44.6 Å². The molecular weight excluding hydrogens is 322 g/mol. The van der Waals surface area contributed by atoms with Crippen LogP contribution >= 0.6 is 0 Å². The van der Waals surface area contributed by atoms with E-state index in [9.17, 15) is 9.59 Å². The molecule has 3 rings (SSSR count). The summed E-state index contributed by atoms with van der Waals surface area (Å²) >= 11 is 0. The number of piperidine rings is 1. The quantitative estimate of drug-likeness (QED) is 0.701. The summed E-state index contributed by atoms with van der Waals surface area (Å²) in [6.45, 7) is 7.54. The van der Waals surface area contributed by atoms with Crippen LogP contribution in [0.2, 0.25) is 0 Å². The van der Waals surface area contributed by atoms with Gasteiger partial charge in [0.15, 0.2) is 5.60 Å². The maximum absolute atomic E-state index is 12.3. The van der Waals surface area contributed by atoms with E-state index in [1.54, 1.807) is 4.90 Å². The van der Waals surface area contributed by atoms with Crippen molar-refractivity contribution in [1.82, 2.24) is 20.4 Å². The SMILES string of the molecule is CCCCN1CCCC2(CC(C(=O)NCCN3CCNC3=O)=NO2)C1. The van der Waals surface area contributed by atoms with Gasteiger partial charge in [0.2, 0.25) is 0 Å². The Kier molecular flexibility index (Phi) is 5.78. The van der Waals surface area contributed by atoms with Crippen LogP contribution in [0.1, 0.15) is 39.0 Å². The van der Waals surface area contributed by atoms with Crippen molar-refractivity contribution in [3.05, 3.63) is 0 Å². The predicted octanol–water partition coefficient (Wildman–Crippen LogP) is 0.539. The summed E-state index contributed by atoms with van der Waals surface area (Å²) in [7, 11) is 0. The summed E-state index contributed by atoms with van der Waals surface area (Å²) in [6.07, 6.45) is 4.98. The van der Waals surface area contributed by atoms with Gasteiger partial charge in [0.1, 0.15) is 5.71 Å². The fourth-order valence-electron chi connectivity index (χ4n) is 3.76. The first kappa shape index (κ1) is 18.0. The largest absolute Gasteiger partial charge is 0.387 e. The summed E-state index contributed by atoms with van der Waals surface area (Å²) in [5.41, 5.74) is 0.149. The third-order valence-electron chi connectivity index (χ3n) is 5.16. The average molecular weight is 351 g/mol. The molecule has 0 saturated carbocycles. The number of oxime groups is 1. The summed E-state index contributed by atoms with van der Waals surface area (Å²) in [5, 5.41) is 9.68. The molecule has 1 atom stereocenters. The van der Waals surface area contributed by atoms with Crippen LogP contribution in [0.5, 0.6) is 0 Å². The first-order valence-electron chi connectivity index (χ1n) is 9.40. The molecule has 0 aliphatic carbocycles. The summed E-state index contributed by atoms with van der Waals surface area (Å²) in [5.74, 6) is -0.179. The number of unbranched alkanes of at least 4 members (excludes halogenated alkanes) is 1. The fraction of sp³-hybridized carbons (Fsp3) is 0.824. The lowest BCUT2D eigenvalue weighted by atomic mass is 9.88. The number of rotatable bonds is 7. The summed E-state index contributed by atoms with van der Waals surface area (Å²) < 4.78 is 0. The van der Waals surface area contributed by atoms with Crippen LogP contribution in [-0.4, -0.2) is 78.9 Å². The van der Waals surface area contributed by atoms with Crippen LogP contribution in [-0.2, 0) is 9.63 Å². The van der Waals surface area contributed by atoms with Crippen LogP contribution < -0.4 is 10.6 Å².